The van der Waals surface area contributed by atoms with Crippen LogP contribution in [0.1, 0.15) is 42.0 Å². The van der Waals surface area contributed by atoms with Crippen molar-refractivity contribution in [3.63, 3.8) is 0 Å². The summed E-state index contributed by atoms with van der Waals surface area (Å²) in [4.78, 5) is 0. The highest BCUT2D eigenvalue weighted by Crippen LogP contribution is 2.38. The molecule has 0 bridgehead atoms. The van der Waals surface area contributed by atoms with E-state index >= 15 is 0 Å². The van der Waals surface area contributed by atoms with Crippen LogP contribution in [0.15, 0.2) is 18.2 Å². The van der Waals surface area contributed by atoms with Crippen LogP contribution in [0.3, 0.4) is 0 Å². The average molecular weight is 226 g/mol. The molecular formula is C13H20ClN. The molecule has 0 radical (unpaired) electrons. The topological polar surface area (TPSA) is 26.0 Å². The molecule has 0 amide bonds. The molecule has 0 aromatic heterocycles. The molecule has 0 unspecified atom stereocenters. The van der Waals surface area contributed by atoms with Crippen LogP contribution in [0.25, 0.3) is 0 Å². The van der Waals surface area contributed by atoms with Crippen molar-refractivity contribution >= 4 is 12.4 Å². The zero-order valence-electron chi connectivity index (χ0n) is 9.49. The summed E-state index contributed by atoms with van der Waals surface area (Å²) in [7, 11) is 0. The normalized spacial score (nSPS) is 17.8. The van der Waals surface area contributed by atoms with Gasteiger partial charge in [0.05, 0.1) is 0 Å². The summed E-state index contributed by atoms with van der Waals surface area (Å²) < 4.78 is 0. The Morgan fingerprint density at radius 2 is 1.73 bits per heavy atom. The van der Waals surface area contributed by atoms with Crippen LogP contribution in [0, 0.1) is 19.8 Å². The van der Waals surface area contributed by atoms with Gasteiger partial charge in [0.15, 0.2) is 0 Å². The Morgan fingerprint density at radius 1 is 1.20 bits per heavy atom. The van der Waals surface area contributed by atoms with Crippen molar-refractivity contribution < 1.29 is 0 Å². The van der Waals surface area contributed by atoms with Gasteiger partial charge in [-0.1, -0.05) is 24.6 Å². The van der Waals surface area contributed by atoms with E-state index in [0.29, 0.717) is 0 Å². The molecule has 2 heteroatoms. The SMILES string of the molecule is Cc1cccc(C)c1[C@H](N)C1CCC1.Cl. The third-order valence-electron chi connectivity index (χ3n) is 3.53. The number of benzene rings is 1. The van der Waals surface area contributed by atoms with E-state index in [-0.39, 0.29) is 18.4 Å². The average Bonchev–Trinajstić information content (AvgIpc) is 2.00. The lowest BCUT2D eigenvalue weighted by Gasteiger charge is -2.33. The molecule has 1 fully saturated rings. The van der Waals surface area contributed by atoms with Crippen LogP contribution in [-0.2, 0) is 0 Å². The molecule has 0 aliphatic heterocycles. The molecule has 1 aliphatic carbocycles. The summed E-state index contributed by atoms with van der Waals surface area (Å²) in [6, 6.07) is 6.72. The minimum absolute atomic E-state index is 0. The van der Waals surface area contributed by atoms with E-state index in [1.807, 2.05) is 0 Å². The van der Waals surface area contributed by atoms with Gasteiger partial charge in [0.1, 0.15) is 0 Å². The number of hydrogen-bond acceptors (Lipinski definition) is 1. The van der Waals surface area contributed by atoms with Crippen molar-refractivity contribution in [3.8, 4) is 0 Å². The van der Waals surface area contributed by atoms with E-state index in [0.717, 1.165) is 5.92 Å². The maximum atomic E-state index is 6.30. The number of aryl methyl sites for hydroxylation is 2. The molecule has 1 saturated carbocycles. The van der Waals surface area contributed by atoms with Crippen LogP contribution in [-0.4, -0.2) is 0 Å². The molecule has 15 heavy (non-hydrogen) atoms. The van der Waals surface area contributed by atoms with Crippen LogP contribution < -0.4 is 5.73 Å². The fourth-order valence-corrected chi connectivity index (χ4v) is 2.39. The third kappa shape index (κ3) is 2.35. The number of hydrogen-bond donors (Lipinski definition) is 1. The van der Waals surface area contributed by atoms with E-state index < -0.39 is 0 Å². The zero-order valence-corrected chi connectivity index (χ0v) is 10.3. The molecule has 0 saturated heterocycles. The van der Waals surface area contributed by atoms with Gasteiger partial charge in [-0.05, 0) is 49.3 Å². The van der Waals surface area contributed by atoms with Gasteiger partial charge in [-0.2, -0.15) is 0 Å². The zero-order chi connectivity index (χ0) is 10.1. The summed E-state index contributed by atoms with van der Waals surface area (Å²) in [5.74, 6) is 0.731. The van der Waals surface area contributed by atoms with Gasteiger partial charge in [0, 0.05) is 6.04 Å². The lowest BCUT2D eigenvalue weighted by molar-refractivity contribution is 0.263. The first-order valence-corrected chi connectivity index (χ1v) is 5.52. The Balaban J connectivity index is 0.00000112. The molecule has 1 nitrogen and oxygen atoms in total. The van der Waals surface area contributed by atoms with E-state index in [1.54, 1.807) is 0 Å². The minimum Gasteiger partial charge on any atom is -0.324 e. The minimum atomic E-state index is 0. The molecule has 2 N–H and O–H groups in total. The van der Waals surface area contributed by atoms with Crippen molar-refractivity contribution in [1.29, 1.82) is 0 Å². The van der Waals surface area contributed by atoms with Crippen molar-refractivity contribution in [2.75, 3.05) is 0 Å². The molecule has 2 rings (SSSR count). The third-order valence-corrected chi connectivity index (χ3v) is 3.53. The molecule has 0 spiro atoms. The van der Waals surface area contributed by atoms with Crippen LogP contribution >= 0.6 is 12.4 Å². The van der Waals surface area contributed by atoms with Gasteiger partial charge >= 0.3 is 0 Å². The summed E-state index contributed by atoms with van der Waals surface area (Å²) in [6.07, 6.45) is 3.99. The largest absolute Gasteiger partial charge is 0.324 e. The molecule has 0 heterocycles. The van der Waals surface area contributed by atoms with E-state index in [2.05, 4.69) is 32.0 Å². The Labute approximate surface area is 98.5 Å². The van der Waals surface area contributed by atoms with Gasteiger partial charge in [-0.25, -0.2) is 0 Å². The Bertz CT molecular complexity index is 311. The summed E-state index contributed by atoms with van der Waals surface area (Å²) >= 11 is 0. The Kier molecular flexibility index (Phi) is 4.18. The predicted octanol–water partition coefficient (Wildman–Crippen LogP) is 3.53. The first kappa shape index (κ1) is 12.5. The molecular weight excluding hydrogens is 206 g/mol. The maximum Gasteiger partial charge on any atom is 0.0328 e. The first-order chi connectivity index (χ1) is 6.70. The van der Waals surface area contributed by atoms with E-state index in [4.69, 9.17) is 5.73 Å². The molecule has 84 valence electrons. The van der Waals surface area contributed by atoms with Crippen LogP contribution in [0.2, 0.25) is 0 Å². The standard InChI is InChI=1S/C13H19N.ClH/c1-9-5-3-6-10(2)12(9)13(14)11-7-4-8-11;/h3,5-6,11,13H,4,7-8,14H2,1-2H3;1H/t13-;/m1./s1. The highest BCUT2D eigenvalue weighted by Gasteiger charge is 2.27. The van der Waals surface area contributed by atoms with Gasteiger partial charge in [0.2, 0.25) is 0 Å². The Hall–Kier alpha value is -0.530. The molecule has 1 atom stereocenters. The fourth-order valence-electron chi connectivity index (χ4n) is 2.39. The summed E-state index contributed by atoms with van der Waals surface area (Å²) in [5, 5.41) is 0. The number of rotatable bonds is 2. The van der Waals surface area contributed by atoms with Crippen molar-refractivity contribution in [1.82, 2.24) is 0 Å². The quantitative estimate of drug-likeness (QED) is 0.819. The van der Waals surface area contributed by atoms with Crippen molar-refractivity contribution in [2.24, 2.45) is 11.7 Å². The first-order valence-electron chi connectivity index (χ1n) is 5.52. The van der Waals surface area contributed by atoms with Gasteiger partial charge < -0.3 is 5.73 Å². The second-order valence-electron chi connectivity index (χ2n) is 4.52. The van der Waals surface area contributed by atoms with E-state index in [1.165, 1.54) is 36.0 Å². The second kappa shape index (κ2) is 5.00. The van der Waals surface area contributed by atoms with Crippen molar-refractivity contribution in [2.45, 2.75) is 39.2 Å². The highest BCUT2D eigenvalue weighted by molar-refractivity contribution is 5.85. The summed E-state index contributed by atoms with van der Waals surface area (Å²) in [6.45, 7) is 4.34. The number of nitrogens with two attached hydrogens (primary N) is 1. The molecule has 1 aromatic carbocycles. The molecule has 1 aromatic rings. The fraction of sp³-hybridized carbons (Fsp3) is 0.538. The monoisotopic (exact) mass is 225 g/mol. The Morgan fingerprint density at radius 3 is 2.13 bits per heavy atom. The van der Waals surface area contributed by atoms with Crippen LogP contribution in [0.4, 0.5) is 0 Å². The lowest BCUT2D eigenvalue weighted by Crippen LogP contribution is -2.28. The lowest BCUT2D eigenvalue weighted by atomic mass is 9.76. The van der Waals surface area contributed by atoms with Gasteiger partial charge in [-0.15, -0.1) is 12.4 Å². The van der Waals surface area contributed by atoms with Crippen LogP contribution in [0.5, 0.6) is 0 Å². The van der Waals surface area contributed by atoms with Gasteiger partial charge in [0.25, 0.3) is 0 Å². The second-order valence-corrected chi connectivity index (χ2v) is 4.52. The molecule has 1 aliphatic rings. The summed E-state index contributed by atoms with van der Waals surface area (Å²) in [5.41, 5.74) is 10.4. The highest BCUT2D eigenvalue weighted by atomic mass is 35.5. The van der Waals surface area contributed by atoms with Gasteiger partial charge in [-0.3, -0.25) is 0 Å². The van der Waals surface area contributed by atoms with Crippen molar-refractivity contribution in [3.05, 3.63) is 34.9 Å². The smallest absolute Gasteiger partial charge is 0.0328 e. The maximum absolute atomic E-state index is 6.30. The number of halogens is 1. The predicted molar refractivity (Wildman–Crippen MR) is 67.4 cm³/mol. The van der Waals surface area contributed by atoms with E-state index in [9.17, 15) is 0 Å².